The fraction of sp³-hybridized carbons (Fsp3) is 0.333. The van der Waals surface area contributed by atoms with Gasteiger partial charge in [0.05, 0.1) is 11.4 Å². The number of benzene rings is 8. The maximum atomic E-state index is 2.65. The van der Waals surface area contributed by atoms with Crippen LogP contribution in [0, 0.1) is 27.7 Å². The Labute approximate surface area is 458 Å². The molecule has 2 aliphatic heterocycles. The highest BCUT2D eigenvalue weighted by atomic mass is 15.2. The zero-order valence-electron chi connectivity index (χ0n) is 49.4. The minimum atomic E-state index is -0.0783. The molecule has 4 heteroatoms. The van der Waals surface area contributed by atoms with Crippen LogP contribution in [0.1, 0.15) is 154 Å². The van der Waals surface area contributed by atoms with Gasteiger partial charge in [0.1, 0.15) is 0 Å². The third-order valence-corrected chi connectivity index (χ3v) is 16.4. The summed E-state index contributed by atoms with van der Waals surface area (Å²) < 4.78 is 0. The van der Waals surface area contributed by atoms with Crippen molar-refractivity contribution < 1.29 is 0 Å². The monoisotopic (exact) mass is 1000 g/mol. The Kier molecular flexibility index (Phi) is 12.8. The van der Waals surface area contributed by atoms with Gasteiger partial charge in [0.2, 0.25) is 0 Å². The van der Waals surface area contributed by atoms with Crippen LogP contribution in [0.2, 0.25) is 0 Å². The summed E-state index contributed by atoms with van der Waals surface area (Å²) in [7, 11) is 0. The normalized spacial score (nSPS) is 13.6. The first-order valence-electron chi connectivity index (χ1n) is 27.9. The predicted octanol–water partition coefficient (Wildman–Crippen LogP) is 18.6. The SMILES string of the molecule is Cc1ccc(N(c2cc3c4c(c2)N(c2ccc(C(C)(C)C)cc2-c2ccc(C(C)(C)C)cc2)c2ccc(C(C)(C)C)cc2B4c2cc(C(C)(C)C)ccc2N3c2ccc(C(C)(C)C)cc2)c2ccc(C)cc2C)c(C)c1. The molecule has 0 aromatic heterocycles. The summed E-state index contributed by atoms with van der Waals surface area (Å²) in [5.74, 6) is 0. The van der Waals surface area contributed by atoms with E-state index < -0.39 is 0 Å². The van der Waals surface area contributed by atoms with Gasteiger partial charge in [-0.1, -0.05) is 206 Å². The van der Waals surface area contributed by atoms with Crippen LogP contribution in [0.4, 0.5) is 51.2 Å². The summed E-state index contributed by atoms with van der Waals surface area (Å²) in [6.45, 7) is 43.9. The molecule has 8 aromatic carbocycles. The van der Waals surface area contributed by atoms with Gasteiger partial charge in [-0.15, -0.1) is 0 Å². The Morgan fingerprint density at radius 2 is 0.724 bits per heavy atom. The summed E-state index contributed by atoms with van der Waals surface area (Å²) in [5, 5.41) is 0. The van der Waals surface area contributed by atoms with Crippen LogP contribution < -0.4 is 31.1 Å². The Morgan fingerprint density at radius 3 is 1.16 bits per heavy atom. The Hall–Kier alpha value is -6.78. The van der Waals surface area contributed by atoms with Crippen molar-refractivity contribution in [2.24, 2.45) is 0 Å². The summed E-state index contributed by atoms with van der Waals surface area (Å²) in [6.07, 6.45) is 0. The lowest BCUT2D eigenvalue weighted by atomic mass is 9.33. The molecule has 76 heavy (non-hydrogen) atoms. The average Bonchev–Trinajstić information content (AvgIpc) is 3.48. The maximum absolute atomic E-state index is 2.65. The Bertz CT molecular complexity index is 3490. The van der Waals surface area contributed by atoms with Gasteiger partial charge in [0, 0.05) is 45.4 Å². The lowest BCUT2D eigenvalue weighted by Gasteiger charge is -2.46. The minimum Gasteiger partial charge on any atom is -0.311 e. The van der Waals surface area contributed by atoms with Crippen LogP contribution in [-0.2, 0) is 27.1 Å². The second-order valence-electron chi connectivity index (χ2n) is 27.6. The van der Waals surface area contributed by atoms with E-state index in [9.17, 15) is 0 Å². The van der Waals surface area contributed by atoms with Crippen LogP contribution in [0.3, 0.4) is 0 Å². The van der Waals surface area contributed by atoms with Crippen molar-refractivity contribution in [3.63, 3.8) is 0 Å². The number of anilines is 9. The van der Waals surface area contributed by atoms with Gasteiger partial charge in [-0.25, -0.2) is 0 Å². The first-order valence-corrected chi connectivity index (χ1v) is 27.9. The summed E-state index contributed by atoms with van der Waals surface area (Å²) in [6, 6.07) is 59.9. The molecule has 10 rings (SSSR count). The van der Waals surface area contributed by atoms with E-state index in [4.69, 9.17) is 0 Å². The van der Waals surface area contributed by atoms with E-state index in [1.165, 1.54) is 117 Å². The molecule has 0 saturated carbocycles. The van der Waals surface area contributed by atoms with Crippen molar-refractivity contribution in [1.29, 1.82) is 0 Å². The van der Waals surface area contributed by atoms with Gasteiger partial charge >= 0.3 is 0 Å². The molecular formula is C72H82BN3. The molecular weight excluding hydrogens is 918 g/mol. The molecule has 0 radical (unpaired) electrons. The van der Waals surface area contributed by atoms with E-state index in [0.29, 0.717) is 0 Å². The van der Waals surface area contributed by atoms with Crippen LogP contribution in [0.15, 0.2) is 152 Å². The molecule has 8 aromatic rings. The van der Waals surface area contributed by atoms with Gasteiger partial charge in [0.15, 0.2) is 0 Å². The van der Waals surface area contributed by atoms with Crippen molar-refractivity contribution in [2.45, 2.75) is 159 Å². The van der Waals surface area contributed by atoms with Crippen molar-refractivity contribution in [1.82, 2.24) is 0 Å². The molecule has 388 valence electrons. The third-order valence-electron chi connectivity index (χ3n) is 16.4. The molecule has 0 atom stereocenters. The molecule has 3 nitrogen and oxygen atoms in total. The van der Waals surface area contributed by atoms with Gasteiger partial charge in [-0.3, -0.25) is 0 Å². The zero-order valence-corrected chi connectivity index (χ0v) is 49.4. The molecule has 0 saturated heterocycles. The van der Waals surface area contributed by atoms with Gasteiger partial charge in [-0.2, -0.15) is 0 Å². The quantitative estimate of drug-likeness (QED) is 0.154. The molecule has 2 heterocycles. The highest BCUT2D eigenvalue weighted by Gasteiger charge is 2.45. The van der Waals surface area contributed by atoms with Crippen molar-refractivity contribution in [3.05, 3.63) is 202 Å². The molecule has 0 bridgehead atoms. The van der Waals surface area contributed by atoms with E-state index in [2.05, 4.69) is 298 Å². The Balaban J connectivity index is 1.39. The second kappa shape index (κ2) is 18.5. The standard InChI is InChI=1S/C72H82BN3/c1-45-20-33-60(47(3)38-45)75(61-34-21-46(2)39-48(61)4)56-43-65-67-66(44-56)76(62-35-28-52(70(11,12)13)40-57(62)49-22-24-50(25-23-49)68(5,6)7)64-37-30-54(72(17,18)19)42-59(64)73(67)58-41-53(71(14,15)16)29-36-63(58)74(65)55-31-26-51(27-32-55)69(8,9)10/h20-44H,1-19H3. The van der Waals surface area contributed by atoms with E-state index in [0.717, 1.165) is 11.4 Å². The molecule has 0 unspecified atom stereocenters. The number of nitrogens with zero attached hydrogens (tertiary/aromatic N) is 3. The second-order valence-corrected chi connectivity index (χ2v) is 27.6. The zero-order chi connectivity index (χ0) is 54.8. The smallest absolute Gasteiger partial charge is 0.252 e. The van der Waals surface area contributed by atoms with Crippen LogP contribution in [0.25, 0.3) is 11.1 Å². The summed E-state index contributed by atoms with van der Waals surface area (Å²) >= 11 is 0. The number of hydrogen-bond donors (Lipinski definition) is 0. The van der Waals surface area contributed by atoms with E-state index in [-0.39, 0.29) is 33.8 Å². The molecule has 0 amide bonds. The minimum absolute atomic E-state index is 0.00467. The largest absolute Gasteiger partial charge is 0.311 e. The highest BCUT2D eigenvalue weighted by molar-refractivity contribution is 7.00. The number of rotatable bonds is 6. The first kappa shape index (κ1) is 52.7. The number of fused-ring (bicyclic) bond motifs is 4. The first-order chi connectivity index (χ1) is 35.5. The topological polar surface area (TPSA) is 9.72 Å². The summed E-state index contributed by atoms with van der Waals surface area (Å²) in [4.78, 5) is 7.79. The van der Waals surface area contributed by atoms with E-state index in [1.807, 2.05) is 0 Å². The third kappa shape index (κ3) is 9.49. The molecule has 0 fully saturated rings. The maximum Gasteiger partial charge on any atom is 0.252 e. The lowest BCUT2D eigenvalue weighted by molar-refractivity contribution is 0.590. The molecule has 2 aliphatic rings. The fourth-order valence-corrected chi connectivity index (χ4v) is 11.8. The van der Waals surface area contributed by atoms with E-state index in [1.54, 1.807) is 0 Å². The molecule has 0 spiro atoms. The van der Waals surface area contributed by atoms with Crippen molar-refractivity contribution in [2.75, 3.05) is 14.7 Å². The number of hydrogen-bond acceptors (Lipinski definition) is 3. The van der Waals surface area contributed by atoms with E-state index >= 15 is 0 Å². The molecule has 0 aliphatic carbocycles. The lowest BCUT2D eigenvalue weighted by Crippen LogP contribution is -2.61. The fourth-order valence-electron chi connectivity index (χ4n) is 11.8. The highest BCUT2D eigenvalue weighted by Crippen LogP contribution is 2.51. The number of aryl methyl sites for hydroxylation is 4. The van der Waals surface area contributed by atoms with Gasteiger partial charge < -0.3 is 14.7 Å². The van der Waals surface area contributed by atoms with Crippen molar-refractivity contribution in [3.8, 4) is 11.1 Å². The van der Waals surface area contributed by atoms with Crippen LogP contribution in [0.5, 0.6) is 0 Å². The average molecular weight is 1000 g/mol. The van der Waals surface area contributed by atoms with Crippen LogP contribution in [-0.4, -0.2) is 6.71 Å². The molecule has 0 N–H and O–H groups in total. The van der Waals surface area contributed by atoms with Crippen LogP contribution >= 0.6 is 0 Å². The predicted molar refractivity (Wildman–Crippen MR) is 333 cm³/mol. The van der Waals surface area contributed by atoms with Crippen molar-refractivity contribution >= 4 is 74.3 Å². The summed E-state index contributed by atoms with van der Waals surface area (Å²) in [5.41, 5.74) is 28.4. The van der Waals surface area contributed by atoms with Gasteiger partial charge in [0.25, 0.3) is 6.71 Å². The Morgan fingerprint density at radius 1 is 0.342 bits per heavy atom. The van der Waals surface area contributed by atoms with Gasteiger partial charge in [-0.05, 0) is 176 Å².